The molecule has 54 valence electrons. The van der Waals surface area contributed by atoms with Gasteiger partial charge in [-0.05, 0) is 40.5 Å². The van der Waals surface area contributed by atoms with Crippen LogP contribution < -0.4 is 5.73 Å². The van der Waals surface area contributed by atoms with E-state index >= 15 is 0 Å². The average Bonchev–Trinajstić information content (AvgIpc) is 1.84. The van der Waals surface area contributed by atoms with E-state index in [1.54, 1.807) is 13.0 Å². The summed E-state index contributed by atoms with van der Waals surface area (Å²) < 4.78 is 13.3. The summed E-state index contributed by atoms with van der Waals surface area (Å²) in [7, 11) is 0. The van der Waals surface area contributed by atoms with Gasteiger partial charge in [0.15, 0.2) is 0 Å². The summed E-state index contributed by atoms with van der Waals surface area (Å²) in [4.78, 5) is 0. The van der Waals surface area contributed by atoms with Gasteiger partial charge in [-0.3, -0.25) is 0 Å². The third-order valence-corrected chi connectivity index (χ3v) is 1.96. The van der Waals surface area contributed by atoms with Crippen LogP contribution in [0.5, 0.6) is 0 Å². The molecule has 3 heteroatoms. The van der Waals surface area contributed by atoms with Gasteiger partial charge in [0.2, 0.25) is 0 Å². The lowest BCUT2D eigenvalue weighted by atomic mass is 10.2. The Morgan fingerprint density at radius 3 is 2.60 bits per heavy atom. The summed E-state index contributed by atoms with van der Waals surface area (Å²) in [5.41, 5.74) is 6.61. The molecule has 0 fully saturated rings. The first-order valence-corrected chi connectivity index (χ1v) is 3.61. The molecular weight excluding hydrogens is 197 g/mol. The van der Waals surface area contributed by atoms with Crippen LogP contribution >= 0.6 is 15.9 Å². The molecule has 0 aliphatic carbocycles. The van der Waals surface area contributed by atoms with Crippen LogP contribution in [0.25, 0.3) is 0 Å². The third kappa shape index (κ3) is 1.29. The van der Waals surface area contributed by atoms with Crippen molar-refractivity contribution in [2.45, 2.75) is 6.92 Å². The van der Waals surface area contributed by atoms with E-state index < -0.39 is 0 Å². The van der Waals surface area contributed by atoms with Gasteiger partial charge < -0.3 is 5.73 Å². The Hall–Kier alpha value is -0.570. The molecule has 0 aliphatic rings. The number of benzene rings is 1. The van der Waals surface area contributed by atoms with Crippen LogP contribution in [0.3, 0.4) is 0 Å². The molecule has 0 saturated carbocycles. The van der Waals surface area contributed by atoms with Crippen LogP contribution in [0.15, 0.2) is 16.6 Å². The smallest absolute Gasteiger partial charge is 0.127 e. The normalized spacial score (nSPS) is 9.90. The molecule has 0 spiro atoms. The van der Waals surface area contributed by atoms with Crippen molar-refractivity contribution in [3.05, 3.63) is 28.0 Å². The van der Waals surface area contributed by atoms with Crippen molar-refractivity contribution in [3.8, 4) is 0 Å². The maximum absolute atomic E-state index is 12.7. The van der Waals surface area contributed by atoms with Gasteiger partial charge >= 0.3 is 0 Å². The van der Waals surface area contributed by atoms with Crippen LogP contribution in [-0.2, 0) is 0 Å². The average molecular weight is 204 g/mol. The number of anilines is 1. The second-order valence-electron chi connectivity index (χ2n) is 2.12. The molecule has 1 aromatic carbocycles. The first-order valence-electron chi connectivity index (χ1n) is 2.82. The summed E-state index contributed by atoms with van der Waals surface area (Å²) >= 11 is 3.12. The van der Waals surface area contributed by atoms with Crippen LogP contribution in [0, 0.1) is 12.7 Å². The highest BCUT2D eigenvalue weighted by molar-refractivity contribution is 9.10. The van der Waals surface area contributed by atoms with E-state index in [0.29, 0.717) is 15.7 Å². The highest BCUT2D eigenvalue weighted by Crippen LogP contribution is 2.22. The molecule has 0 heterocycles. The fourth-order valence-corrected chi connectivity index (χ4v) is 0.995. The van der Waals surface area contributed by atoms with Crippen molar-refractivity contribution in [1.82, 2.24) is 0 Å². The van der Waals surface area contributed by atoms with Crippen LogP contribution in [0.4, 0.5) is 10.1 Å². The van der Waals surface area contributed by atoms with Crippen molar-refractivity contribution in [2.24, 2.45) is 0 Å². The lowest BCUT2D eigenvalue weighted by molar-refractivity contribution is 0.618. The Kier molecular flexibility index (Phi) is 1.94. The van der Waals surface area contributed by atoms with Crippen LogP contribution in [-0.4, -0.2) is 0 Å². The highest BCUT2D eigenvalue weighted by atomic mass is 79.9. The number of nitrogens with two attached hydrogens (primary N) is 1. The molecule has 0 saturated heterocycles. The Balaban J connectivity index is 3.28. The summed E-state index contributed by atoms with van der Waals surface area (Å²) in [6.07, 6.45) is 0. The Morgan fingerprint density at radius 1 is 1.50 bits per heavy atom. The summed E-state index contributed by atoms with van der Waals surface area (Å²) in [5, 5.41) is 0. The zero-order valence-corrected chi connectivity index (χ0v) is 7.07. The standard InChI is InChI=1S/C7H7BrFN/c1-4-2-7(10)5(8)3-6(4)9/h2-3H,10H2,1H3. The van der Waals surface area contributed by atoms with Gasteiger partial charge in [0.1, 0.15) is 5.82 Å². The van der Waals surface area contributed by atoms with Crippen LogP contribution in [0.1, 0.15) is 5.56 Å². The number of nitrogen functional groups attached to an aromatic ring is 1. The number of halogens is 2. The minimum absolute atomic E-state index is 0.235. The molecule has 10 heavy (non-hydrogen) atoms. The summed E-state index contributed by atoms with van der Waals surface area (Å²) in [5.74, 6) is -0.235. The summed E-state index contributed by atoms with van der Waals surface area (Å²) in [6, 6.07) is 2.96. The van der Waals surface area contributed by atoms with E-state index in [0.717, 1.165) is 0 Å². The van der Waals surface area contributed by atoms with Gasteiger partial charge in [0.25, 0.3) is 0 Å². The monoisotopic (exact) mass is 203 g/mol. The number of aryl methyl sites for hydroxylation is 1. The van der Waals surface area contributed by atoms with Gasteiger partial charge in [-0.1, -0.05) is 0 Å². The van der Waals surface area contributed by atoms with Crippen molar-refractivity contribution < 1.29 is 4.39 Å². The van der Waals surface area contributed by atoms with Gasteiger partial charge in [0.05, 0.1) is 0 Å². The number of hydrogen-bond acceptors (Lipinski definition) is 1. The quantitative estimate of drug-likeness (QED) is 0.645. The lowest BCUT2D eigenvalue weighted by Crippen LogP contribution is -1.90. The topological polar surface area (TPSA) is 26.0 Å². The zero-order chi connectivity index (χ0) is 7.72. The fourth-order valence-electron chi connectivity index (χ4n) is 0.680. The molecule has 0 amide bonds. The van der Waals surface area contributed by atoms with Crippen LogP contribution in [0.2, 0.25) is 0 Å². The molecule has 0 atom stereocenters. The van der Waals surface area contributed by atoms with Crippen molar-refractivity contribution in [1.29, 1.82) is 0 Å². The van der Waals surface area contributed by atoms with Crippen molar-refractivity contribution in [3.63, 3.8) is 0 Å². The van der Waals surface area contributed by atoms with E-state index in [9.17, 15) is 4.39 Å². The molecule has 2 N–H and O–H groups in total. The van der Waals surface area contributed by atoms with Crippen molar-refractivity contribution in [2.75, 3.05) is 5.73 Å². The molecule has 1 nitrogen and oxygen atoms in total. The van der Waals surface area contributed by atoms with E-state index in [4.69, 9.17) is 5.73 Å². The van der Waals surface area contributed by atoms with E-state index in [2.05, 4.69) is 15.9 Å². The predicted octanol–water partition coefficient (Wildman–Crippen LogP) is 2.48. The minimum Gasteiger partial charge on any atom is -0.398 e. The molecule has 0 aliphatic heterocycles. The first-order chi connectivity index (χ1) is 4.61. The largest absolute Gasteiger partial charge is 0.398 e. The number of hydrogen-bond donors (Lipinski definition) is 1. The Bertz CT molecular complexity index is 210. The maximum Gasteiger partial charge on any atom is 0.127 e. The highest BCUT2D eigenvalue weighted by Gasteiger charge is 2.00. The van der Waals surface area contributed by atoms with Gasteiger partial charge in [-0.2, -0.15) is 0 Å². The molecule has 0 bridgehead atoms. The second kappa shape index (κ2) is 2.58. The predicted molar refractivity (Wildman–Crippen MR) is 43.2 cm³/mol. The zero-order valence-electron chi connectivity index (χ0n) is 5.49. The molecule has 0 aromatic heterocycles. The lowest BCUT2D eigenvalue weighted by Gasteiger charge is -1.99. The minimum atomic E-state index is -0.235. The number of rotatable bonds is 0. The first kappa shape index (κ1) is 7.54. The van der Waals surface area contributed by atoms with E-state index in [1.807, 2.05) is 0 Å². The van der Waals surface area contributed by atoms with E-state index in [-0.39, 0.29) is 5.82 Å². The van der Waals surface area contributed by atoms with Gasteiger partial charge in [-0.25, -0.2) is 4.39 Å². The van der Waals surface area contributed by atoms with E-state index in [1.165, 1.54) is 6.07 Å². The van der Waals surface area contributed by atoms with Gasteiger partial charge in [-0.15, -0.1) is 0 Å². The second-order valence-corrected chi connectivity index (χ2v) is 2.98. The molecule has 0 radical (unpaired) electrons. The van der Waals surface area contributed by atoms with Crippen molar-refractivity contribution >= 4 is 21.6 Å². The maximum atomic E-state index is 12.7. The van der Waals surface area contributed by atoms with Gasteiger partial charge in [0, 0.05) is 10.2 Å². The fraction of sp³-hybridized carbons (Fsp3) is 0.143. The molecule has 0 unspecified atom stereocenters. The molecular formula is C7H7BrFN. The molecule has 1 rings (SSSR count). The molecule has 1 aromatic rings. The summed E-state index contributed by atoms with van der Waals surface area (Å²) in [6.45, 7) is 1.68. The third-order valence-electron chi connectivity index (χ3n) is 1.28. The Labute approximate surface area is 67.2 Å². The SMILES string of the molecule is Cc1cc(N)c(Br)cc1F. The Morgan fingerprint density at radius 2 is 2.10 bits per heavy atom.